The first kappa shape index (κ1) is 17.0. The van der Waals surface area contributed by atoms with Crippen LogP contribution in [0.3, 0.4) is 0 Å². The summed E-state index contributed by atoms with van der Waals surface area (Å²) >= 11 is 0. The number of carbonyl (C=O) groups is 1. The molecule has 0 radical (unpaired) electrons. The minimum Gasteiger partial charge on any atom is -0.429 e. The molecule has 27 heavy (non-hydrogen) atoms. The average molecular weight is 366 g/mol. The van der Waals surface area contributed by atoms with Crippen LogP contribution in [0.2, 0.25) is 0 Å². The lowest BCUT2D eigenvalue weighted by molar-refractivity contribution is 0.0727. The molecule has 0 amide bonds. The van der Waals surface area contributed by atoms with Gasteiger partial charge in [-0.1, -0.05) is 36.4 Å². The van der Waals surface area contributed by atoms with Gasteiger partial charge < -0.3 is 20.1 Å². The van der Waals surface area contributed by atoms with Crippen molar-refractivity contribution in [2.75, 3.05) is 0 Å². The van der Waals surface area contributed by atoms with E-state index in [2.05, 4.69) is 22.8 Å². The average Bonchev–Trinajstić information content (AvgIpc) is 3.32. The van der Waals surface area contributed by atoms with Crippen LogP contribution in [0.25, 0.3) is 0 Å². The maximum Gasteiger partial charge on any atom is 0.514 e. The number of allylic oxidation sites excluding steroid dienone is 1. The fraction of sp³-hybridized carbons (Fsp3) is 0.500. The molecule has 5 nitrogen and oxygen atoms in total. The normalized spacial score (nSPS) is 33.9. The molecule has 1 saturated heterocycles. The number of carbonyl (C=O) groups excluding carboxylic acids is 1. The van der Waals surface area contributed by atoms with E-state index in [0.29, 0.717) is 35.7 Å². The summed E-state index contributed by atoms with van der Waals surface area (Å²) in [6, 6.07) is 11.8. The van der Waals surface area contributed by atoms with Crippen molar-refractivity contribution in [2.24, 2.45) is 11.8 Å². The van der Waals surface area contributed by atoms with Gasteiger partial charge in [0.2, 0.25) is 0 Å². The highest BCUT2D eigenvalue weighted by Crippen LogP contribution is 2.43. The van der Waals surface area contributed by atoms with Crippen molar-refractivity contribution in [2.45, 2.75) is 56.5 Å². The van der Waals surface area contributed by atoms with Crippen molar-refractivity contribution in [1.82, 2.24) is 10.6 Å². The van der Waals surface area contributed by atoms with E-state index in [0.717, 1.165) is 11.6 Å². The lowest BCUT2D eigenvalue weighted by Gasteiger charge is -2.22. The van der Waals surface area contributed by atoms with Gasteiger partial charge in [-0.25, -0.2) is 4.79 Å². The summed E-state index contributed by atoms with van der Waals surface area (Å²) < 4.78 is 10.7. The van der Waals surface area contributed by atoms with Crippen molar-refractivity contribution in [3.05, 3.63) is 59.9 Å². The molecule has 142 valence electrons. The number of benzene rings is 1. The molecular formula is C22H26N2O3. The Morgan fingerprint density at radius 3 is 2.81 bits per heavy atom. The van der Waals surface area contributed by atoms with Crippen LogP contribution < -0.4 is 10.6 Å². The number of hydrogen-bond acceptors (Lipinski definition) is 5. The van der Waals surface area contributed by atoms with Crippen LogP contribution in [0.15, 0.2) is 54.3 Å². The van der Waals surface area contributed by atoms with Gasteiger partial charge in [0.05, 0.1) is 0 Å². The van der Waals surface area contributed by atoms with E-state index < -0.39 is 6.16 Å². The molecule has 1 aromatic carbocycles. The number of nitrogens with one attached hydrogen (secondary N) is 2. The molecule has 4 aliphatic rings. The van der Waals surface area contributed by atoms with E-state index in [-0.39, 0.29) is 6.61 Å². The van der Waals surface area contributed by atoms with Crippen LogP contribution in [0.1, 0.15) is 31.2 Å². The van der Waals surface area contributed by atoms with Crippen molar-refractivity contribution in [3.8, 4) is 0 Å². The van der Waals surface area contributed by atoms with Gasteiger partial charge >= 0.3 is 6.16 Å². The van der Waals surface area contributed by atoms with Gasteiger partial charge in [-0.3, -0.25) is 0 Å². The summed E-state index contributed by atoms with van der Waals surface area (Å²) in [5.41, 5.74) is 0.950. The summed E-state index contributed by atoms with van der Waals surface area (Å²) in [5.74, 6) is 1.61. The Morgan fingerprint density at radius 2 is 2.00 bits per heavy atom. The standard InChI is InChI=1S/C22H26N2O3/c25-22(26-13-14-4-2-1-3-5-14)27-16-8-10-19-18(12-16)17-9-11-20(21(17)24-19)23-15-6-7-15/h1-5,8,10,12,15,17-21,23-24H,6-7,9,11,13H2. The minimum absolute atomic E-state index is 0.226. The van der Waals surface area contributed by atoms with Crippen LogP contribution in [0, 0.1) is 11.8 Å². The number of ether oxygens (including phenoxy) is 2. The smallest absolute Gasteiger partial charge is 0.429 e. The van der Waals surface area contributed by atoms with Gasteiger partial charge in [0, 0.05) is 30.1 Å². The lowest BCUT2D eigenvalue weighted by atomic mass is 9.85. The molecule has 3 aliphatic carbocycles. The molecule has 5 heteroatoms. The summed E-state index contributed by atoms with van der Waals surface area (Å²) in [4.78, 5) is 12.0. The number of rotatable bonds is 5. The highest BCUT2D eigenvalue weighted by atomic mass is 16.7. The quantitative estimate of drug-likeness (QED) is 0.783. The van der Waals surface area contributed by atoms with E-state index in [1.54, 1.807) is 0 Å². The fourth-order valence-corrected chi connectivity index (χ4v) is 4.81. The van der Waals surface area contributed by atoms with Crippen molar-refractivity contribution in [3.63, 3.8) is 0 Å². The predicted molar refractivity (Wildman–Crippen MR) is 102 cm³/mol. The van der Waals surface area contributed by atoms with Crippen molar-refractivity contribution in [1.29, 1.82) is 0 Å². The van der Waals surface area contributed by atoms with Gasteiger partial charge in [-0.05, 0) is 49.3 Å². The van der Waals surface area contributed by atoms with Gasteiger partial charge in [-0.15, -0.1) is 0 Å². The molecule has 2 N–H and O–H groups in total. The molecule has 0 bridgehead atoms. The Hall–Kier alpha value is -2.11. The van der Waals surface area contributed by atoms with Gasteiger partial charge in [-0.2, -0.15) is 0 Å². The third-order valence-corrected chi connectivity index (χ3v) is 6.25. The SMILES string of the molecule is O=C(OCc1ccccc1)OC1=CC2C(C=C1)NC1C(NC3CC3)CCC21. The Morgan fingerprint density at radius 1 is 1.15 bits per heavy atom. The molecular weight excluding hydrogens is 340 g/mol. The molecule has 2 saturated carbocycles. The summed E-state index contributed by atoms with van der Waals surface area (Å²) in [6.07, 6.45) is 10.6. The Balaban J connectivity index is 1.18. The summed E-state index contributed by atoms with van der Waals surface area (Å²) in [5, 5.41) is 7.59. The second kappa shape index (κ2) is 7.13. The van der Waals surface area contributed by atoms with E-state index in [1.807, 2.05) is 36.4 Å². The van der Waals surface area contributed by atoms with Gasteiger partial charge in [0.15, 0.2) is 0 Å². The van der Waals surface area contributed by atoms with E-state index in [9.17, 15) is 4.79 Å². The van der Waals surface area contributed by atoms with E-state index in [1.165, 1.54) is 25.7 Å². The largest absolute Gasteiger partial charge is 0.514 e. The monoisotopic (exact) mass is 366 g/mol. The molecule has 5 atom stereocenters. The second-order valence-corrected chi connectivity index (χ2v) is 8.14. The Bertz CT molecular complexity index is 756. The Kier molecular flexibility index (Phi) is 4.50. The maximum absolute atomic E-state index is 12.0. The van der Waals surface area contributed by atoms with Crippen molar-refractivity contribution >= 4 is 6.16 Å². The molecule has 1 aromatic rings. The molecule has 5 rings (SSSR count). The summed E-state index contributed by atoms with van der Waals surface area (Å²) in [7, 11) is 0. The first-order chi connectivity index (χ1) is 13.3. The topological polar surface area (TPSA) is 59.6 Å². The highest BCUT2D eigenvalue weighted by molar-refractivity contribution is 5.62. The van der Waals surface area contributed by atoms with Crippen LogP contribution in [0.5, 0.6) is 0 Å². The van der Waals surface area contributed by atoms with E-state index in [4.69, 9.17) is 9.47 Å². The maximum atomic E-state index is 12.0. The first-order valence-electron chi connectivity index (χ1n) is 10.1. The van der Waals surface area contributed by atoms with Gasteiger partial charge in [0.25, 0.3) is 0 Å². The van der Waals surface area contributed by atoms with Crippen molar-refractivity contribution < 1.29 is 14.3 Å². The molecule has 5 unspecified atom stereocenters. The highest BCUT2D eigenvalue weighted by Gasteiger charge is 2.49. The van der Waals surface area contributed by atoms with Crippen LogP contribution in [0.4, 0.5) is 4.79 Å². The van der Waals surface area contributed by atoms with Crippen LogP contribution in [-0.4, -0.2) is 30.3 Å². The number of hydrogen-bond donors (Lipinski definition) is 2. The lowest BCUT2D eigenvalue weighted by Crippen LogP contribution is -2.45. The first-order valence-corrected chi connectivity index (χ1v) is 10.1. The predicted octanol–water partition coefficient (Wildman–Crippen LogP) is 3.28. The van der Waals surface area contributed by atoms with Gasteiger partial charge in [0.1, 0.15) is 12.4 Å². The third kappa shape index (κ3) is 3.66. The zero-order valence-corrected chi connectivity index (χ0v) is 15.3. The van der Waals surface area contributed by atoms with Crippen LogP contribution >= 0.6 is 0 Å². The fourth-order valence-electron chi connectivity index (χ4n) is 4.81. The zero-order chi connectivity index (χ0) is 18.2. The minimum atomic E-state index is -0.643. The third-order valence-electron chi connectivity index (χ3n) is 6.25. The van der Waals surface area contributed by atoms with Crippen LogP contribution in [-0.2, 0) is 16.1 Å². The molecule has 3 fully saturated rings. The molecule has 1 aliphatic heterocycles. The number of fused-ring (bicyclic) bond motifs is 3. The van der Waals surface area contributed by atoms with E-state index >= 15 is 0 Å². The molecule has 1 heterocycles. The molecule has 0 spiro atoms. The summed E-state index contributed by atoms with van der Waals surface area (Å²) in [6.45, 7) is 0.226. The Labute approximate surface area is 159 Å². The molecule has 0 aromatic heterocycles. The second-order valence-electron chi connectivity index (χ2n) is 8.14. The zero-order valence-electron chi connectivity index (χ0n) is 15.3.